The van der Waals surface area contributed by atoms with Crippen LogP contribution >= 0.6 is 0 Å². The van der Waals surface area contributed by atoms with Crippen LogP contribution in [0.3, 0.4) is 0 Å². The first-order chi connectivity index (χ1) is 5.41. The van der Waals surface area contributed by atoms with E-state index in [9.17, 15) is 0 Å². The molecule has 0 aliphatic heterocycles. The average molecular weight is 190 g/mol. The predicted octanol–water partition coefficient (Wildman–Crippen LogP) is 4.86. The van der Waals surface area contributed by atoms with Crippen LogP contribution in [0.1, 0.15) is 71.6 Å². The van der Waals surface area contributed by atoms with Crippen molar-refractivity contribution in [3.63, 3.8) is 0 Å². The maximum atomic E-state index is 2.27. The zero-order chi connectivity index (χ0) is 8.36. The highest BCUT2D eigenvalue weighted by Crippen LogP contribution is 2.08. The molecule has 2 heteroatoms. The van der Waals surface area contributed by atoms with Crippen LogP contribution in [0.4, 0.5) is 0 Å². The van der Waals surface area contributed by atoms with Gasteiger partial charge in [-0.1, -0.05) is 71.6 Å². The molecule has 13 heavy (non-hydrogen) atoms. The van der Waals surface area contributed by atoms with Crippen LogP contribution < -0.4 is 12.3 Å². The van der Waals surface area contributed by atoms with E-state index in [1.54, 1.807) is 0 Å². The number of hydrogen-bond donors (Lipinski definition) is 2. The average Bonchev–Trinajstić information content (AvgIpc) is 2.03. The minimum atomic E-state index is 0. The van der Waals surface area contributed by atoms with Gasteiger partial charge in [-0.25, -0.2) is 0 Å². The third kappa shape index (κ3) is 18.7. The van der Waals surface area contributed by atoms with E-state index in [0.29, 0.717) is 0 Å². The molecule has 0 aliphatic rings. The van der Waals surface area contributed by atoms with E-state index in [2.05, 4.69) is 13.8 Å². The van der Waals surface area contributed by atoms with E-state index < -0.39 is 0 Å². The minimum Gasteiger partial charge on any atom is -0.344 e. The molecule has 0 aromatic carbocycles. The van der Waals surface area contributed by atoms with E-state index in [-0.39, 0.29) is 12.3 Å². The largest absolute Gasteiger partial charge is 0.344 e. The molecule has 0 heterocycles. The summed E-state index contributed by atoms with van der Waals surface area (Å²) >= 11 is 0. The Balaban J connectivity index is -0.000000500. The second-order valence-electron chi connectivity index (χ2n) is 3.47. The molecule has 0 aromatic heterocycles. The molecule has 0 saturated heterocycles. The number of unbranched alkanes of at least 4 members (excludes halogenated alkanes) is 8. The van der Waals surface area contributed by atoms with Crippen LogP contribution in [-0.4, -0.2) is 0 Å². The fourth-order valence-corrected chi connectivity index (χ4v) is 1.38. The van der Waals surface area contributed by atoms with Crippen LogP contribution in [-0.2, 0) is 0 Å². The van der Waals surface area contributed by atoms with Crippen molar-refractivity contribution in [2.45, 2.75) is 71.6 Å². The second kappa shape index (κ2) is 17.9. The van der Waals surface area contributed by atoms with Crippen LogP contribution in [0.25, 0.3) is 0 Å². The topological polar surface area (TPSA) is 70.0 Å². The van der Waals surface area contributed by atoms with Crippen LogP contribution in [0.15, 0.2) is 0 Å². The SMILES string of the molecule is CCCCCCCCCCC.N.N. The van der Waals surface area contributed by atoms with Gasteiger partial charge in [0.2, 0.25) is 0 Å². The second-order valence-corrected chi connectivity index (χ2v) is 3.47. The molecule has 0 aliphatic carbocycles. The Kier molecular flexibility index (Phi) is 25.6. The van der Waals surface area contributed by atoms with E-state index in [1.807, 2.05) is 0 Å². The Morgan fingerprint density at radius 1 is 0.462 bits per heavy atom. The van der Waals surface area contributed by atoms with Gasteiger partial charge >= 0.3 is 0 Å². The van der Waals surface area contributed by atoms with Gasteiger partial charge in [-0.3, -0.25) is 0 Å². The molecule has 0 unspecified atom stereocenters. The summed E-state index contributed by atoms with van der Waals surface area (Å²) in [6.45, 7) is 4.55. The zero-order valence-electron chi connectivity index (χ0n) is 9.78. The quantitative estimate of drug-likeness (QED) is 0.536. The van der Waals surface area contributed by atoms with E-state index >= 15 is 0 Å². The van der Waals surface area contributed by atoms with Crippen molar-refractivity contribution in [1.29, 1.82) is 0 Å². The van der Waals surface area contributed by atoms with Gasteiger partial charge in [0.05, 0.1) is 0 Å². The highest BCUT2D eigenvalue weighted by molar-refractivity contribution is 4.44. The summed E-state index contributed by atoms with van der Waals surface area (Å²) in [5, 5.41) is 0. The van der Waals surface area contributed by atoms with Gasteiger partial charge in [0.25, 0.3) is 0 Å². The molecular formula is C11H30N2. The van der Waals surface area contributed by atoms with Crippen molar-refractivity contribution in [2.24, 2.45) is 0 Å². The molecule has 0 bridgehead atoms. The Labute approximate surface area is 84.7 Å². The lowest BCUT2D eigenvalue weighted by Gasteiger charge is -1.98. The van der Waals surface area contributed by atoms with Gasteiger partial charge in [0.1, 0.15) is 0 Å². The maximum absolute atomic E-state index is 2.27. The molecule has 84 valence electrons. The van der Waals surface area contributed by atoms with E-state index in [0.717, 1.165) is 0 Å². The minimum absolute atomic E-state index is 0. The lowest BCUT2D eigenvalue weighted by Crippen LogP contribution is -1.79. The predicted molar refractivity (Wildman–Crippen MR) is 62.9 cm³/mol. The van der Waals surface area contributed by atoms with Crippen molar-refractivity contribution in [1.82, 2.24) is 12.3 Å². The highest BCUT2D eigenvalue weighted by atomic mass is 14.0. The summed E-state index contributed by atoms with van der Waals surface area (Å²) in [4.78, 5) is 0. The number of rotatable bonds is 8. The fraction of sp³-hybridized carbons (Fsp3) is 1.00. The maximum Gasteiger partial charge on any atom is -0.0533 e. The van der Waals surface area contributed by atoms with Crippen LogP contribution in [0.2, 0.25) is 0 Å². The van der Waals surface area contributed by atoms with Crippen LogP contribution in [0, 0.1) is 0 Å². The van der Waals surface area contributed by atoms with Crippen molar-refractivity contribution in [2.75, 3.05) is 0 Å². The third-order valence-corrected chi connectivity index (χ3v) is 2.21. The van der Waals surface area contributed by atoms with E-state index in [1.165, 1.54) is 57.8 Å². The molecule has 6 N–H and O–H groups in total. The molecule has 0 rings (SSSR count). The van der Waals surface area contributed by atoms with Crippen molar-refractivity contribution in [3.8, 4) is 0 Å². The molecule has 2 nitrogen and oxygen atoms in total. The zero-order valence-corrected chi connectivity index (χ0v) is 9.78. The van der Waals surface area contributed by atoms with Gasteiger partial charge < -0.3 is 12.3 Å². The van der Waals surface area contributed by atoms with E-state index in [4.69, 9.17) is 0 Å². The van der Waals surface area contributed by atoms with Gasteiger partial charge in [-0.2, -0.15) is 0 Å². The summed E-state index contributed by atoms with van der Waals surface area (Å²) in [6.07, 6.45) is 13.0. The van der Waals surface area contributed by atoms with Crippen molar-refractivity contribution < 1.29 is 0 Å². The molecule has 0 amide bonds. The van der Waals surface area contributed by atoms with Crippen molar-refractivity contribution in [3.05, 3.63) is 0 Å². The lowest BCUT2D eigenvalue weighted by molar-refractivity contribution is 0.572. The van der Waals surface area contributed by atoms with Gasteiger partial charge in [0.15, 0.2) is 0 Å². The number of hydrogen-bond acceptors (Lipinski definition) is 2. The van der Waals surface area contributed by atoms with Crippen molar-refractivity contribution >= 4 is 0 Å². The Morgan fingerprint density at radius 2 is 0.692 bits per heavy atom. The molecule has 0 aromatic rings. The lowest BCUT2D eigenvalue weighted by atomic mass is 10.1. The normalized spacial score (nSPS) is 8.77. The molecule has 0 saturated carbocycles. The summed E-state index contributed by atoms with van der Waals surface area (Å²) in [7, 11) is 0. The van der Waals surface area contributed by atoms with Crippen LogP contribution in [0.5, 0.6) is 0 Å². The standard InChI is InChI=1S/C11H24.2H3N/c1-3-5-7-9-11-10-8-6-4-2;;/h3-11H2,1-2H3;2*1H3. The molecule has 0 radical (unpaired) electrons. The summed E-state index contributed by atoms with van der Waals surface area (Å²) in [5.41, 5.74) is 0. The monoisotopic (exact) mass is 190 g/mol. The Morgan fingerprint density at radius 3 is 0.923 bits per heavy atom. The third-order valence-electron chi connectivity index (χ3n) is 2.21. The van der Waals surface area contributed by atoms with Gasteiger partial charge in [0, 0.05) is 0 Å². The smallest absolute Gasteiger partial charge is 0.0533 e. The summed E-state index contributed by atoms with van der Waals surface area (Å²) in [6, 6.07) is 0. The first-order valence-corrected chi connectivity index (χ1v) is 5.41. The highest BCUT2D eigenvalue weighted by Gasteiger charge is 1.88. The molecule has 0 spiro atoms. The summed E-state index contributed by atoms with van der Waals surface area (Å²) in [5.74, 6) is 0. The first kappa shape index (κ1) is 18.7. The first-order valence-electron chi connectivity index (χ1n) is 5.41. The molecule has 0 atom stereocenters. The Bertz CT molecular complexity index is 57.1. The van der Waals surface area contributed by atoms with Gasteiger partial charge in [-0.05, 0) is 0 Å². The van der Waals surface area contributed by atoms with Gasteiger partial charge in [-0.15, -0.1) is 0 Å². The summed E-state index contributed by atoms with van der Waals surface area (Å²) < 4.78 is 0. The molecular weight excluding hydrogens is 160 g/mol. The fourth-order valence-electron chi connectivity index (χ4n) is 1.38. The molecule has 0 fully saturated rings. The Hall–Kier alpha value is -0.0800.